The third-order valence-corrected chi connectivity index (χ3v) is 4.92. The van der Waals surface area contributed by atoms with Crippen LogP contribution in [0.4, 0.5) is 5.69 Å². The summed E-state index contributed by atoms with van der Waals surface area (Å²) in [5.41, 5.74) is 1.22. The molecule has 3 atom stereocenters. The smallest absolute Gasteiger partial charge is 0.337 e. The maximum atomic E-state index is 12.1. The summed E-state index contributed by atoms with van der Waals surface area (Å²) in [7, 11) is 1.35. The van der Waals surface area contributed by atoms with Crippen LogP contribution in [0.1, 0.15) is 42.5 Å². The summed E-state index contributed by atoms with van der Waals surface area (Å²) in [4.78, 5) is 23.5. The molecule has 0 heterocycles. The zero-order valence-electron chi connectivity index (χ0n) is 12.3. The minimum Gasteiger partial charge on any atom is -0.465 e. The number of ether oxygens (including phenoxy) is 1. The number of hydrogen-bond donors (Lipinski definition) is 1. The van der Waals surface area contributed by atoms with E-state index >= 15 is 0 Å². The molecule has 0 radical (unpaired) electrons. The van der Waals surface area contributed by atoms with E-state index in [1.54, 1.807) is 24.3 Å². The molecule has 1 aromatic rings. The highest BCUT2D eigenvalue weighted by Crippen LogP contribution is 2.49. The Morgan fingerprint density at radius 3 is 2.52 bits per heavy atom. The van der Waals surface area contributed by atoms with Crippen molar-refractivity contribution in [3.8, 4) is 0 Å². The molecule has 21 heavy (non-hydrogen) atoms. The quantitative estimate of drug-likeness (QED) is 0.865. The third-order valence-electron chi connectivity index (χ3n) is 4.92. The fraction of sp³-hybridized carbons (Fsp3) is 0.529. The molecule has 0 spiro atoms. The molecule has 1 aromatic carbocycles. The summed E-state index contributed by atoms with van der Waals surface area (Å²) in [6.45, 7) is 0. The van der Waals surface area contributed by atoms with Crippen LogP contribution in [0.25, 0.3) is 0 Å². The summed E-state index contributed by atoms with van der Waals surface area (Å²) in [6, 6.07) is 6.81. The van der Waals surface area contributed by atoms with Gasteiger partial charge in [0.05, 0.1) is 12.7 Å². The number of rotatable bonds is 4. The van der Waals surface area contributed by atoms with E-state index in [0.29, 0.717) is 17.9 Å². The Morgan fingerprint density at radius 1 is 1.19 bits per heavy atom. The van der Waals surface area contributed by atoms with Gasteiger partial charge in [0.25, 0.3) is 0 Å². The number of methoxy groups -OCH3 is 1. The summed E-state index contributed by atoms with van der Waals surface area (Å²) < 4.78 is 4.65. The van der Waals surface area contributed by atoms with Crippen molar-refractivity contribution in [2.45, 2.75) is 32.1 Å². The van der Waals surface area contributed by atoms with Crippen LogP contribution in [-0.4, -0.2) is 19.0 Å². The highest BCUT2D eigenvalue weighted by Gasteiger charge is 2.40. The lowest BCUT2D eigenvalue weighted by atomic mass is 9.86. The molecule has 2 aliphatic rings. The molecule has 2 bridgehead atoms. The molecular formula is C17H21NO3. The van der Waals surface area contributed by atoms with Crippen molar-refractivity contribution in [1.29, 1.82) is 0 Å². The number of carbonyl (C=O) groups excluding carboxylic acids is 2. The Kier molecular flexibility index (Phi) is 3.95. The van der Waals surface area contributed by atoms with E-state index in [1.807, 2.05) is 0 Å². The average Bonchev–Trinajstić information content (AvgIpc) is 3.09. The molecule has 0 aromatic heterocycles. The van der Waals surface area contributed by atoms with Crippen LogP contribution in [0, 0.1) is 17.8 Å². The van der Waals surface area contributed by atoms with Crippen LogP contribution >= 0.6 is 0 Å². The van der Waals surface area contributed by atoms with Gasteiger partial charge in [-0.15, -0.1) is 0 Å². The van der Waals surface area contributed by atoms with E-state index in [4.69, 9.17) is 0 Å². The van der Waals surface area contributed by atoms with Gasteiger partial charge in [-0.25, -0.2) is 4.79 Å². The first-order valence-electron chi connectivity index (χ1n) is 7.64. The van der Waals surface area contributed by atoms with Crippen molar-refractivity contribution in [2.24, 2.45) is 17.8 Å². The zero-order chi connectivity index (χ0) is 14.8. The van der Waals surface area contributed by atoms with Gasteiger partial charge >= 0.3 is 5.97 Å². The molecule has 112 valence electrons. The molecule has 3 unspecified atom stereocenters. The van der Waals surface area contributed by atoms with Gasteiger partial charge in [-0.2, -0.15) is 0 Å². The number of nitrogens with one attached hydrogen (secondary N) is 1. The van der Waals surface area contributed by atoms with E-state index < -0.39 is 0 Å². The average molecular weight is 287 g/mol. The highest BCUT2D eigenvalue weighted by molar-refractivity contribution is 5.93. The second-order valence-electron chi connectivity index (χ2n) is 6.26. The molecule has 4 heteroatoms. The SMILES string of the molecule is COC(=O)c1ccc(NC(=O)CC2CC3CCC2C3)cc1. The summed E-state index contributed by atoms with van der Waals surface area (Å²) in [5, 5.41) is 2.92. The third kappa shape index (κ3) is 3.09. The fourth-order valence-electron chi connectivity index (χ4n) is 3.88. The summed E-state index contributed by atoms with van der Waals surface area (Å²) in [5.74, 6) is 1.92. The standard InChI is InChI=1S/C17H21NO3/c1-21-17(20)12-4-6-15(7-5-12)18-16(19)10-14-9-11-2-3-13(14)8-11/h4-7,11,13-14H,2-3,8-10H2,1H3,(H,18,19). The van der Waals surface area contributed by atoms with Gasteiger partial charge in [0.1, 0.15) is 0 Å². The van der Waals surface area contributed by atoms with Gasteiger partial charge in [0.2, 0.25) is 5.91 Å². The lowest BCUT2D eigenvalue weighted by molar-refractivity contribution is -0.117. The summed E-state index contributed by atoms with van der Waals surface area (Å²) in [6.07, 6.45) is 5.83. The highest BCUT2D eigenvalue weighted by atomic mass is 16.5. The van der Waals surface area contributed by atoms with Gasteiger partial charge in [0, 0.05) is 12.1 Å². The molecule has 2 saturated carbocycles. The number of fused-ring (bicyclic) bond motifs is 2. The number of anilines is 1. The van der Waals surface area contributed by atoms with Crippen molar-refractivity contribution >= 4 is 17.6 Å². The molecule has 2 aliphatic carbocycles. The number of carbonyl (C=O) groups is 2. The predicted molar refractivity (Wildman–Crippen MR) is 80.0 cm³/mol. The lowest BCUT2D eigenvalue weighted by Crippen LogP contribution is -2.20. The topological polar surface area (TPSA) is 55.4 Å². The molecule has 0 aliphatic heterocycles. The van der Waals surface area contributed by atoms with Crippen molar-refractivity contribution in [3.05, 3.63) is 29.8 Å². The first-order valence-corrected chi connectivity index (χ1v) is 7.64. The van der Waals surface area contributed by atoms with Crippen LogP contribution in [0.3, 0.4) is 0 Å². The zero-order valence-corrected chi connectivity index (χ0v) is 12.3. The molecule has 3 rings (SSSR count). The number of amides is 1. The van der Waals surface area contributed by atoms with Crippen molar-refractivity contribution < 1.29 is 14.3 Å². The van der Waals surface area contributed by atoms with E-state index in [0.717, 1.165) is 17.5 Å². The normalized spacial score (nSPS) is 26.6. The largest absolute Gasteiger partial charge is 0.465 e. The fourth-order valence-corrected chi connectivity index (χ4v) is 3.88. The molecule has 1 amide bonds. The number of hydrogen-bond acceptors (Lipinski definition) is 3. The lowest BCUT2D eigenvalue weighted by Gasteiger charge is -2.20. The predicted octanol–water partition coefficient (Wildman–Crippen LogP) is 3.24. The van der Waals surface area contributed by atoms with Gasteiger partial charge in [0.15, 0.2) is 0 Å². The van der Waals surface area contributed by atoms with Crippen molar-refractivity contribution in [1.82, 2.24) is 0 Å². The van der Waals surface area contributed by atoms with Crippen molar-refractivity contribution in [2.75, 3.05) is 12.4 Å². The van der Waals surface area contributed by atoms with Crippen LogP contribution < -0.4 is 5.32 Å². The van der Waals surface area contributed by atoms with Crippen LogP contribution in [0.5, 0.6) is 0 Å². The maximum Gasteiger partial charge on any atom is 0.337 e. The van der Waals surface area contributed by atoms with Crippen LogP contribution in [0.15, 0.2) is 24.3 Å². The summed E-state index contributed by atoms with van der Waals surface area (Å²) >= 11 is 0. The molecule has 2 fully saturated rings. The number of esters is 1. The Labute approximate surface area is 124 Å². The Balaban J connectivity index is 1.54. The van der Waals surface area contributed by atoms with Gasteiger partial charge in [-0.1, -0.05) is 6.42 Å². The van der Waals surface area contributed by atoms with Gasteiger partial charge in [-0.3, -0.25) is 4.79 Å². The minimum absolute atomic E-state index is 0.0818. The van der Waals surface area contributed by atoms with E-state index in [9.17, 15) is 9.59 Å². The molecule has 0 saturated heterocycles. The van der Waals surface area contributed by atoms with E-state index in [1.165, 1.54) is 32.8 Å². The molecule has 1 N–H and O–H groups in total. The minimum atomic E-state index is -0.366. The van der Waals surface area contributed by atoms with Crippen LogP contribution in [-0.2, 0) is 9.53 Å². The second-order valence-corrected chi connectivity index (χ2v) is 6.26. The van der Waals surface area contributed by atoms with Crippen LogP contribution in [0.2, 0.25) is 0 Å². The Hall–Kier alpha value is -1.84. The maximum absolute atomic E-state index is 12.1. The first kappa shape index (κ1) is 14.1. The molecule has 4 nitrogen and oxygen atoms in total. The number of benzene rings is 1. The molecular weight excluding hydrogens is 266 g/mol. The Morgan fingerprint density at radius 2 is 1.95 bits per heavy atom. The van der Waals surface area contributed by atoms with Gasteiger partial charge < -0.3 is 10.1 Å². The second kappa shape index (κ2) is 5.88. The van der Waals surface area contributed by atoms with E-state index in [-0.39, 0.29) is 11.9 Å². The monoisotopic (exact) mass is 287 g/mol. The first-order chi connectivity index (χ1) is 10.2. The van der Waals surface area contributed by atoms with E-state index in [2.05, 4.69) is 10.1 Å². The van der Waals surface area contributed by atoms with Gasteiger partial charge in [-0.05, 0) is 61.3 Å². The van der Waals surface area contributed by atoms with Crippen molar-refractivity contribution in [3.63, 3.8) is 0 Å². The Bertz CT molecular complexity index is 537.